The smallest absolute Gasteiger partial charge is 0.484 e. The van der Waals surface area contributed by atoms with Crippen molar-refractivity contribution in [2.75, 3.05) is 6.61 Å². The summed E-state index contributed by atoms with van der Waals surface area (Å²) in [5.41, 5.74) is 0.669. The number of hydrogen-bond donors (Lipinski definition) is 8. The van der Waals surface area contributed by atoms with Crippen molar-refractivity contribution in [2.45, 2.75) is 200 Å². The van der Waals surface area contributed by atoms with E-state index in [1.54, 1.807) is 36.4 Å². The number of aromatic hydroxyl groups is 3. The second-order valence-corrected chi connectivity index (χ2v) is 23.9. The average Bonchev–Trinajstić information content (AvgIpc) is 3.22. The SMILES string of the molecule is CCCCCCCCCCCCCOP(=O)(OC(CC(C)c1ccc(O)cc1C(C)(C)CC)(c1ccc(O)cc1C(C)(C)CC)c1ccc(O)cc1C(C)(C)CC)OP(=O)(O)O.O=P(O)(O)O. The summed E-state index contributed by atoms with van der Waals surface area (Å²) in [6.45, 7) is 22.6. The van der Waals surface area contributed by atoms with E-state index in [1.807, 2.05) is 54.5 Å². The first-order valence-electron chi connectivity index (χ1n) is 23.9. The fraction of sp³-hybridized carbons (Fsp3) is 0.640. The highest BCUT2D eigenvalue weighted by molar-refractivity contribution is 7.61. The Balaban J connectivity index is 0.00000292. The zero-order valence-corrected chi connectivity index (χ0v) is 44.6. The van der Waals surface area contributed by atoms with Crippen LogP contribution in [0.3, 0.4) is 0 Å². The van der Waals surface area contributed by atoms with Gasteiger partial charge in [-0.3, -0.25) is 9.05 Å². The molecule has 0 radical (unpaired) electrons. The standard InChI is InChI=1S/C50H80O10P2.H3O4P/c1-12-16-17-18-19-20-21-22-23-24-25-32-58-62(57,60-61(54,55)56)59-50(42-30-27-39(52)34-45(42)48(8,9)14-3,43-31-28-40(53)35-46(43)49(10,11)15-4)36-37(5)41-29-26-38(51)33-44(41)47(6,7)13-2;1-5(2,3)4/h26-31,33-35,37,51-53H,12-25,32,36H2,1-11H3,(H2,54,55,56);(H3,1,2,3,4). The van der Waals surface area contributed by atoms with Gasteiger partial charge in [0.2, 0.25) is 0 Å². The molecule has 3 aromatic rings. The summed E-state index contributed by atoms with van der Waals surface area (Å²) in [6, 6.07) is 15.1. The monoisotopic (exact) mass is 1000 g/mol. The molecule has 0 bridgehead atoms. The van der Waals surface area contributed by atoms with E-state index in [0.717, 1.165) is 43.2 Å². The van der Waals surface area contributed by atoms with Crippen molar-refractivity contribution in [3.05, 3.63) is 88.0 Å². The van der Waals surface area contributed by atoms with Crippen LogP contribution in [-0.2, 0) is 48.9 Å². The van der Waals surface area contributed by atoms with Gasteiger partial charge in [0, 0.05) is 0 Å². The predicted octanol–water partition coefficient (Wildman–Crippen LogP) is 13.9. The molecule has 0 aliphatic carbocycles. The summed E-state index contributed by atoms with van der Waals surface area (Å²) in [6.07, 6.45) is 13.8. The molecule has 2 unspecified atom stereocenters. The highest BCUT2D eigenvalue weighted by atomic mass is 31.3. The number of phosphoric ester groups is 1. The fourth-order valence-corrected chi connectivity index (χ4v) is 10.8. The van der Waals surface area contributed by atoms with E-state index < -0.39 is 45.8 Å². The molecule has 0 aliphatic rings. The zero-order valence-electron chi connectivity index (χ0n) is 42.0. The normalized spacial score (nSPS) is 14.3. The van der Waals surface area contributed by atoms with Crippen molar-refractivity contribution in [1.82, 2.24) is 0 Å². The second-order valence-electron chi connectivity index (χ2n) is 19.9. The van der Waals surface area contributed by atoms with E-state index in [0.29, 0.717) is 41.5 Å². The van der Waals surface area contributed by atoms with Crippen LogP contribution >= 0.6 is 23.5 Å². The molecule has 0 aliphatic heterocycles. The quantitative estimate of drug-likeness (QED) is 0.0249. The van der Waals surface area contributed by atoms with Crippen LogP contribution in [0.4, 0.5) is 0 Å². The van der Waals surface area contributed by atoms with E-state index >= 15 is 4.57 Å². The van der Waals surface area contributed by atoms with Crippen molar-refractivity contribution >= 4 is 23.5 Å². The minimum absolute atomic E-state index is 0.0000458. The Hall–Kier alpha value is -2.57. The largest absolute Gasteiger partial charge is 0.508 e. The number of rotatable bonds is 28. The maximum atomic E-state index is 15.4. The van der Waals surface area contributed by atoms with Crippen LogP contribution in [0.2, 0.25) is 0 Å². The first-order chi connectivity index (χ1) is 30.9. The lowest BCUT2D eigenvalue weighted by Gasteiger charge is -2.44. The van der Waals surface area contributed by atoms with Crippen LogP contribution in [0, 0.1) is 0 Å². The summed E-state index contributed by atoms with van der Waals surface area (Å²) in [4.78, 5) is 42.4. The van der Waals surface area contributed by atoms with Gasteiger partial charge in [-0.2, -0.15) is 4.31 Å². The zero-order chi connectivity index (χ0) is 51.1. The maximum absolute atomic E-state index is 15.4. The van der Waals surface area contributed by atoms with Crippen molar-refractivity contribution in [1.29, 1.82) is 0 Å². The van der Waals surface area contributed by atoms with Gasteiger partial charge < -0.3 is 39.8 Å². The number of benzene rings is 3. The lowest BCUT2D eigenvalue weighted by Crippen LogP contribution is -2.38. The lowest BCUT2D eigenvalue weighted by atomic mass is 9.66. The van der Waals surface area contributed by atoms with Gasteiger partial charge in [-0.1, -0.05) is 159 Å². The third-order valence-corrected chi connectivity index (χ3v) is 16.0. The van der Waals surface area contributed by atoms with Gasteiger partial charge in [-0.05, 0) is 124 Å². The molecule has 2 atom stereocenters. The Kier molecular flexibility index (Phi) is 23.5. The van der Waals surface area contributed by atoms with Gasteiger partial charge in [0.1, 0.15) is 22.8 Å². The summed E-state index contributed by atoms with van der Waals surface area (Å²) in [7, 11) is -15.3. The van der Waals surface area contributed by atoms with Gasteiger partial charge in [-0.25, -0.2) is 13.7 Å². The van der Waals surface area contributed by atoms with Gasteiger partial charge in [0.05, 0.1) is 6.61 Å². The molecule has 0 spiro atoms. The Morgan fingerprint density at radius 1 is 0.522 bits per heavy atom. The Bertz CT molecular complexity index is 2070. The minimum atomic E-state index is -5.51. The molecular formula is C50H83O14P3. The number of phenols is 3. The third-order valence-electron chi connectivity index (χ3n) is 13.3. The predicted molar refractivity (Wildman–Crippen MR) is 267 cm³/mol. The Labute approximate surface area is 401 Å². The topological polar surface area (TPSA) is 241 Å². The fourth-order valence-electron chi connectivity index (χ4n) is 8.39. The second kappa shape index (κ2) is 26.0. The number of phenolic OH excluding ortho intramolecular Hbond substituents is 3. The van der Waals surface area contributed by atoms with Crippen LogP contribution in [-0.4, -0.2) is 46.4 Å². The van der Waals surface area contributed by atoms with Crippen LogP contribution < -0.4 is 0 Å². The molecule has 0 heterocycles. The van der Waals surface area contributed by atoms with Crippen molar-refractivity contribution in [2.24, 2.45) is 0 Å². The first-order valence-corrected chi connectivity index (χ1v) is 28.5. The molecule has 3 aromatic carbocycles. The van der Waals surface area contributed by atoms with Crippen LogP contribution in [0.5, 0.6) is 17.2 Å². The van der Waals surface area contributed by atoms with E-state index in [-0.39, 0.29) is 35.7 Å². The van der Waals surface area contributed by atoms with Crippen LogP contribution in [0.1, 0.15) is 212 Å². The number of phosphoric acid groups is 3. The Morgan fingerprint density at radius 2 is 0.881 bits per heavy atom. The summed E-state index contributed by atoms with van der Waals surface area (Å²) < 4.78 is 55.4. The van der Waals surface area contributed by atoms with Crippen LogP contribution in [0.25, 0.3) is 0 Å². The molecule has 382 valence electrons. The number of hydrogen-bond acceptors (Lipinski definition) is 9. The van der Waals surface area contributed by atoms with Crippen molar-refractivity contribution in [3.8, 4) is 17.2 Å². The highest BCUT2D eigenvalue weighted by Gasteiger charge is 2.52. The van der Waals surface area contributed by atoms with E-state index in [9.17, 15) is 29.7 Å². The Morgan fingerprint density at radius 3 is 1.27 bits per heavy atom. The highest BCUT2D eigenvalue weighted by Crippen LogP contribution is 2.67. The lowest BCUT2D eigenvalue weighted by molar-refractivity contribution is 0.0337. The summed E-state index contributed by atoms with van der Waals surface area (Å²) in [5.74, 6) is -0.310. The van der Waals surface area contributed by atoms with Crippen molar-refractivity contribution in [3.63, 3.8) is 0 Å². The third kappa shape index (κ3) is 19.3. The van der Waals surface area contributed by atoms with E-state index in [2.05, 4.69) is 27.7 Å². The van der Waals surface area contributed by atoms with Gasteiger partial charge in [-0.15, -0.1) is 0 Å². The van der Waals surface area contributed by atoms with Crippen LogP contribution in [0.15, 0.2) is 54.6 Å². The summed E-state index contributed by atoms with van der Waals surface area (Å²) >= 11 is 0. The van der Waals surface area contributed by atoms with Crippen molar-refractivity contribution < 1.29 is 66.8 Å². The molecule has 0 aromatic heterocycles. The first kappa shape index (κ1) is 60.6. The molecule has 3 rings (SSSR count). The van der Waals surface area contributed by atoms with Gasteiger partial charge >= 0.3 is 23.5 Å². The molecule has 0 fully saturated rings. The summed E-state index contributed by atoms with van der Waals surface area (Å²) in [5, 5.41) is 33.0. The number of unbranched alkanes of at least 4 members (excludes halogenated alkanes) is 10. The average molecular weight is 1000 g/mol. The van der Waals surface area contributed by atoms with Gasteiger partial charge in [0.15, 0.2) is 0 Å². The minimum Gasteiger partial charge on any atom is -0.508 e. The molecule has 0 saturated carbocycles. The molecule has 8 N–H and O–H groups in total. The molecular weight excluding hydrogens is 917 g/mol. The molecule has 14 nitrogen and oxygen atoms in total. The maximum Gasteiger partial charge on any atom is 0.484 e. The van der Waals surface area contributed by atoms with Gasteiger partial charge in [0.25, 0.3) is 0 Å². The molecule has 0 saturated heterocycles. The molecule has 67 heavy (non-hydrogen) atoms. The molecule has 0 amide bonds. The van der Waals surface area contributed by atoms with E-state index in [4.69, 9.17) is 32.6 Å². The molecule has 17 heteroatoms. The van der Waals surface area contributed by atoms with E-state index in [1.165, 1.54) is 50.7 Å².